The summed E-state index contributed by atoms with van der Waals surface area (Å²) in [7, 11) is -2.25. The molecule has 26 heavy (non-hydrogen) atoms. The first-order valence-electron chi connectivity index (χ1n) is 8.22. The van der Waals surface area contributed by atoms with E-state index in [1.165, 1.54) is 22.8 Å². The molecule has 4 rings (SSSR count). The highest BCUT2D eigenvalue weighted by atomic mass is 32.2. The van der Waals surface area contributed by atoms with Crippen molar-refractivity contribution < 1.29 is 13.2 Å². The smallest absolute Gasteiger partial charge is 0.268 e. The summed E-state index contributed by atoms with van der Waals surface area (Å²) in [5.74, 6) is 0.338. The molecule has 2 heterocycles. The first-order valence-corrected chi connectivity index (χ1v) is 10.5. The number of hydrogen-bond donors (Lipinski definition) is 0. The zero-order valence-electron chi connectivity index (χ0n) is 14.5. The largest absolute Gasteiger partial charge is 0.495 e. The number of anilines is 1. The van der Waals surface area contributed by atoms with Crippen molar-refractivity contribution in [3.8, 4) is 17.0 Å². The minimum absolute atomic E-state index is 0.167. The van der Waals surface area contributed by atoms with Gasteiger partial charge in [0.2, 0.25) is 0 Å². The van der Waals surface area contributed by atoms with Gasteiger partial charge in [-0.2, -0.15) is 0 Å². The fourth-order valence-corrected chi connectivity index (χ4v) is 5.52. The molecular formula is C19H18N2O3S2. The van der Waals surface area contributed by atoms with Gasteiger partial charge < -0.3 is 4.74 Å². The Bertz CT molecular complexity index is 1070. The maximum atomic E-state index is 13.4. The zero-order chi connectivity index (χ0) is 18.3. The molecule has 0 aliphatic carbocycles. The van der Waals surface area contributed by atoms with E-state index in [2.05, 4.69) is 4.98 Å². The number of para-hydroxylation sites is 1. The Hall–Kier alpha value is -2.38. The number of hydrogen-bond acceptors (Lipinski definition) is 5. The van der Waals surface area contributed by atoms with Crippen molar-refractivity contribution >= 4 is 27.0 Å². The maximum absolute atomic E-state index is 13.4. The number of benzene rings is 2. The molecule has 0 unspecified atom stereocenters. The number of aryl methyl sites for hydroxylation is 1. The number of fused-ring (bicyclic) bond motifs is 1. The Morgan fingerprint density at radius 2 is 2.00 bits per heavy atom. The van der Waals surface area contributed by atoms with Crippen LogP contribution in [0.3, 0.4) is 0 Å². The van der Waals surface area contributed by atoms with Crippen LogP contribution < -0.4 is 9.04 Å². The van der Waals surface area contributed by atoms with Gasteiger partial charge in [-0.1, -0.05) is 18.2 Å². The van der Waals surface area contributed by atoms with Crippen LogP contribution in [0.5, 0.6) is 5.75 Å². The molecule has 0 N–H and O–H groups in total. The summed E-state index contributed by atoms with van der Waals surface area (Å²) in [4.78, 5) is 4.63. The molecule has 3 aromatic rings. The highest BCUT2D eigenvalue weighted by Crippen LogP contribution is 2.37. The Balaban J connectivity index is 1.83. The highest BCUT2D eigenvalue weighted by molar-refractivity contribution is 7.93. The quantitative estimate of drug-likeness (QED) is 0.683. The molecule has 7 heteroatoms. The van der Waals surface area contributed by atoms with Crippen LogP contribution in [-0.4, -0.2) is 27.1 Å². The lowest BCUT2D eigenvalue weighted by molar-refractivity contribution is 0.402. The van der Waals surface area contributed by atoms with Crippen LogP contribution in [0.15, 0.2) is 52.7 Å². The predicted octanol–water partition coefficient (Wildman–Crippen LogP) is 3.88. The SMILES string of the molecule is COc1ccc(-c2csc(C)n2)cc1S(=O)(=O)N1CCc2ccccc21. The number of thiazole rings is 1. The number of ether oxygens (including phenoxy) is 1. The van der Waals surface area contributed by atoms with Crippen LogP contribution in [0, 0.1) is 6.92 Å². The zero-order valence-corrected chi connectivity index (χ0v) is 16.1. The monoisotopic (exact) mass is 386 g/mol. The summed E-state index contributed by atoms with van der Waals surface area (Å²) in [5, 5.41) is 2.87. The number of nitrogens with zero attached hydrogens (tertiary/aromatic N) is 2. The van der Waals surface area contributed by atoms with Crippen molar-refractivity contribution in [2.45, 2.75) is 18.2 Å². The van der Waals surface area contributed by atoms with E-state index in [1.807, 2.05) is 42.6 Å². The van der Waals surface area contributed by atoms with Crippen molar-refractivity contribution in [1.29, 1.82) is 0 Å². The van der Waals surface area contributed by atoms with Crippen LogP contribution in [0.2, 0.25) is 0 Å². The lowest BCUT2D eigenvalue weighted by atomic mass is 10.2. The van der Waals surface area contributed by atoms with E-state index in [4.69, 9.17) is 4.74 Å². The molecule has 1 aliphatic heterocycles. The van der Waals surface area contributed by atoms with Gasteiger partial charge in [-0.05, 0) is 43.2 Å². The van der Waals surface area contributed by atoms with E-state index >= 15 is 0 Å². The number of aromatic nitrogens is 1. The average Bonchev–Trinajstić information content (AvgIpc) is 3.27. The number of methoxy groups -OCH3 is 1. The van der Waals surface area contributed by atoms with E-state index in [1.54, 1.807) is 12.1 Å². The minimum atomic E-state index is -3.73. The summed E-state index contributed by atoms with van der Waals surface area (Å²) in [6.45, 7) is 2.36. The Morgan fingerprint density at radius 3 is 2.73 bits per heavy atom. The van der Waals surface area contributed by atoms with Crippen LogP contribution >= 0.6 is 11.3 Å². The lowest BCUT2D eigenvalue weighted by Gasteiger charge is -2.21. The highest BCUT2D eigenvalue weighted by Gasteiger charge is 2.33. The van der Waals surface area contributed by atoms with Gasteiger partial charge in [-0.25, -0.2) is 13.4 Å². The molecular weight excluding hydrogens is 368 g/mol. The topological polar surface area (TPSA) is 59.5 Å². The van der Waals surface area contributed by atoms with Crippen LogP contribution in [0.25, 0.3) is 11.3 Å². The van der Waals surface area contributed by atoms with Gasteiger partial charge in [-0.15, -0.1) is 11.3 Å². The second-order valence-corrected chi connectivity index (χ2v) is 8.97. The Kier molecular flexibility index (Phi) is 4.20. The van der Waals surface area contributed by atoms with Crippen molar-refractivity contribution in [3.05, 3.63) is 58.4 Å². The van der Waals surface area contributed by atoms with Gasteiger partial charge in [-0.3, -0.25) is 4.31 Å². The third-order valence-electron chi connectivity index (χ3n) is 4.49. The molecule has 0 atom stereocenters. The van der Waals surface area contributed by atoms with E-state index in [0.29, 0.717) is 18.7 Å². The molecule has 0 radical (unpaired) electrons. The molecule has 1 aliphatic rings. The van der Waals surface area contributed by atoms with Gasteiger partial charge in [0.25, 0.3) is 10.0 Å². The molecule has 0 spiro atoms. The molecule has 1 aromatic heterocycles. The molecule has 0 fully saturated rings. The fourth-order valence-electron chi connectivity index (χ4n) is 3.21. The lowest BCUT2D eigenvalue weighted by Crippen LogP contribution is -2.29. The minimum Gasteiger partial charge on any atom is -0.495 e. The van der Waals surface area contributed by atoms with Crippen LogP contribution in [0.4, 0.5) is 5.69 Å². The molecule has 0 saturated heterocycles. The summed E-state index contributed by atoms with van der Waals surface area (Å²) < 4.78 is 33.6. The summed E-state index contributed by atoms with van der Waals surface area (Å²) in [6, 6.07) is 12.8. The number of rotatable bonds is 4. The van der Waals surface area contributed by atoms with Gasteiger partial charge >= 0.3 is 0 Å². The predicted molar refractivity (Wildman–Crippen MR) is 104 cm³/mol. The van der Waals surface area contributed by atoms with E-state index in [0.717, 1.165) is 27.5 Å². The summed E-state index contributed by atoms with van der Waals surface area (Å²) >= 11 is 1.54. The van der Waals surface area contributed by atoms with Crippen molar-refractivity contribution in [2.75, 3.05) is 18.0 Å². The van der Waals surface area contributed by atoms with Gasteiger partial charge in [0, 0.05) is 17.5 Å². The van der Waals surface area contributed by atoms with Gasteiger partial charge in [0.15, 0.2) is 0 Å². The Morgan fingerprint density at radius 1 is 1.19 bits per heavy atom. The van der Waals surface area contributed by atoms with Crippen molar-refractivity contribution in [3.63, 3.8) is 0 Å². The number of sulfonamides is 1. The third-order valence-corrected chi connectivity index (χ3v) is 7.10. The third kappa shape index (κ3) is 2.77. The second-order valence-electron chi connectivity index (χ2n) is 6.07. The van der Waals surface area contributed by atoms with Crippen molar-refractivity contribution in [2.24, 2.45) is 0 Å². The van der Waals surface area contributed by atoms with Crippen LogP contribution in [0.1, 0.15) is 10.6 Å². The first kappa shape index (κ1) is 17.1. The first-order chi connectivity index (χ1) is 12.5. The molecule has 0 bridgehead atoms. The van der Waals surface area contributed by atoms with E-state index in [9.17, 15) is 8.42 Å². The average molecular weight is 386 g/mol. The van der Waals surface area contributed by atoms with Gasteiger partial charge in [0.05, 0.1) is 23.5 Å². The summed E-state index contributed by atoms with van der Waals surface area (Å²) in [5.41, 5.74) is 3.32. The molecule has 0 saturated carbocycles. The second kappa shape index (κ2) is 6.41. The van der Waals surface area contributed by atoms with E-state index < -0.39 is 10.0 Å². The molecule has 134 valence electrons. The molecule has 2 aromatic carbocycles. The normalized spacial score (nSPS) is 13.7. The maximum Gasteiger partial charge on any atom is 0.268 e. The molecule has 5 nitrogen and oxygen atoms in total. The van der Waals surface area contributed by atoms with E-state index in [-0.39, 0.29) is 4.90 Å². The molecule has 0 amide bonds. The fraction of sp³-hybridized carbons (Fsp3) is 0.211. The van der Waals surface area contributed by atoms with Crippen LogP contribution in [-0.2, 0) is 16.4 Å². The van der Waals surface area contributed by atoms with Gasteiger partial charge in [0.1, 0.15) is 10.6 Å². The van der Waals surface area contributed by atoms with Crippen molar-refractivity contribution in [1.82, 2.24) is 4.98 Å². The Labute approximate surface area is 156 Å². The standard InChI is InChI=1S/C19H18N2O3S2/c1-13-20-16(12-25-13)15-7-8-18(24-2)19(11-15)26(22,23)21-10-9-14-5-3-4-6-17(14)21/h3-8,11-12H,9-10H2,1-2H3. The summed E-state index contributed by atoms with van der Waals surface area (Å²) in [6.07, 6.45) is 0.711.